The zero-order chi connectivity index (χ0) is 6.85. The number of hydrogen-bond donors (Lipinski definition) is 1. The minimum Gasteiger partial charge on any atom is -0.319 e. The van der Waals surface area contributed by atoms with Crippen molar-refractivity contribution >= 4 is 29.5 Å². The normalized spacial score (nSPS) is 9.56. The van der Waals surface area contributed by atoms with Crippen LogP contribution in [0.25, 0.3) is 0 Å². The molecule has 0 aliphatic heterocycles. The van der Waals surface area contributed by atoms with Crippen molar-refractivity contribution < 1.29 is 4.79 Å². The Morgan fingerprint density at radius 2 is 2.22 bits per heavy atom. The quantitative estimate of drug-likeness (QED) is 0.641. The van der Waals surface area contributed by atoms with E-state index in [0.717, 1.165) is 0 Å². The van der Waals surface area contributed by atoms with Gasteiger partial charge in [-0.25, -0.2) is 4.98 Å². The van der Waals surface area contributed by atoms with Crippen molar-refractivity contribution in [2.45, 2.75) is 0 Å². The van der Waals surface area contributed by atoms with E-state index in [-0.39, 0.29) is 16.1 Å². The number of H-pyrrole nitrogens is 1. The summed E-state index contributed by atoms with van der Waals surface area (Å²) in [7, 11) is 0. The summed E-state index contributed by atoms with van der Waals surface area (Å²) in [6.45, 7) is 0. The highest BCUT2D eigenvalue weighted by Gasteiger charge is 2.03. The number of imidazole rings is 1. The molecule has 48 valence electrons. The van der Waals surface area contributed by atoms with Gasteiger partial charge in [0.05, 0.1) is 0 Å². The lowest BCUT2D eigenvalue weighted by Crippen LogP contribution is -1.76. The molecule has 1 heterocycles. The van der Waals surface area contributed by atoms with Crippen molar-refractivity contribution in [3.63, 3.8) is 0 Å². The predicted molar refractivity (Wildman–Crippen MR) is 34.0 cm³/mol. The molecule has 0 aliphatic carbocycles. The van der Waals surface area contributed by atoms with Crippen molar-refractivity contribution in [3.05, 3.63) is 16.1 Å². The number of hydrogen-bond acceptors (Lipinski definition) is 2. The van der Waals surface area contributed by atoms with Gasteiger partial charge in [-0.3, -0.25) is 4.79 Å². The van der Waals surface area contributed by atoms with Gasteiger partial charge in [0.25, 0.3) is 0 Å². The van der Waals surface area contributed by atoms with Crippen molar-refractivity contribution in [2.24, 2.45) is 0 Å². The first-order chi connectivity index (χ1) is 4.24. The molecule has 1 aromatic rings. The molecule has 9 heavy (non-hydrogen) atoms. The van der Waals surface area contributed by atoms with Crippen LogP contribution in [0.5, 0.6) is 0 Å². The first-order valence-corrected chi connectivity index (χ1v) is 2.86. The monoisotopic (exact) mass is 164 g/mol. The highest BCUT2D eigenvalue weighted by Crippen LogP contribution is 2.12. The SMILES string of the molecule is O=Cc1nc(Cl)[nH]c1Cl. The van der Waals surface area contributed by atoms with Crippen LogP contribution < -0.4 is 0 Å². The molecule has 1 N–H and O–H groups in total. The second kappa shape index (κ2) is 2.37. The zero-order valence-electron chi connectivity index (χ0n) is 4.19. The molecule has 0 spiro atoms. The van der Waals surface area contributed by atoms with Crippen molar-refractivity contribution in [1.82, 2.24) is 9.97 Å². The molecule has 0 fully saturated rings. The lowest BCUT2D eigenvalue weighted by Gasteiger charge is -1.74. The summed E-state index contributed by atoms with van der Waals surface area (Å²) in [5.74, 6) is 0. The van der Waals surface area contributed by atoms with Gasteiger partial charge in [0.2, 0.25) is 5.28 Å². The van der Waals surface area contributed by atoms with Gasteiger partial charge in [-0.05, 0) is 11.6 Å². The molecule has 0 radical (unpaired) electrons. The highest BCUT2D eigenvalue weighted by molar-refractivity contribution is 6.33. The zero-order valence-corrected chi connectivity index (χ0v) is 5.70. The van der Waals surface area contributed by atoms with Crippen molar-refractivity contribution in [3.8, 4) is 0 Å². The predicted octanol–water partition coefficient (Wildman–Crippen LogP) is 1.53. The first-order valence-electron chi connectivity index (χ1n) is 2.10. The van der Waals surface area contributed by atoms with E-state index in [1.54, 1.807) is 0 Å². The van der Waals surface area contributed by atoms with Gasteiger partial charge in [-0.1, -0.05) is 11.6 Å². The lowest BCUT2D eigenvalue weighted by atomic mass is 10.5. The number of nitrogens with one attached hydrogen (secondary N) is 1. The van der Waals surface area contributed by atoms with Gasteiger partial charge in [0.1, 0.15) is 10.8 Å². The maximum Gasteiger partial charge on any atom is 0.201 e. The Labute approximate surface area is 61.0 Å². The molecule has 0 amide bonds. The average molecular weight is 165 g/mol. The highest BCUT2D eigenvalue weighted by atomic mass is 35.5. The average Bonchev–Trinajstić information content (AvgIpc) is 2.10. The van der Waals surface area contributed by atoms with Crippen molar-refractivity contribution in [1.29, 1.82) is 0 Å². The third-order valence-electron chi connectivity index (χ3n) is 0.768. The first kappa shape index (κ1) is 6.58. The standard InChI is InChI=1S/C4H2Cl2N2O/c5-3-2(1-9)7-4(6)8-3/h1H,(H,7,8). The number of rotatable bonds is 1. The number of aromatic amines is 1. The van der Waals surface area contributed by atoms with Gasteiger partial charge in [-0.2, -0.15) is 0 Å². The van der Waals surface area contributed by atoms with E-state index in [2.05, 4.69) is 9.97 Å². The molecule has 1 aromatic heterocycles. The summed E-state index contributed by atoms with van der Waals surface area (Å²) in [6.07, 6.45) is 0.532. The van der Waals surface area contributed by atoms with Crippen molar-refractivity contribution in [2.75, 3.05) is 0 Å². The van der Waals surface area contributed by atoms with Crippen LogP contribution in [-0.4, -0.2) is 16.3 Å². The number of aromatic nitrogens is 2. The van der Waals surface area contributed by atoms with Gasteiger partial charge in [0.15, 0.2) is 6.29 Å². The van der Waals surface area contributed by atoms with Gasteiger partial charge < -0.3 is 4.98 Å². The number of carbonyl (C=O) groups is 1. The molecule has 0 saturated carbocycles. The molecule has 0 saturated heterocycles. The number of halogens is 2. The Hall–Kier alpha value is -0.540. The minimum atomic E-state index is 0.127. The number of aldehydes is 1. The third kappa shape index (κ3) is 1.23. The maximum atomic E-state index is 10.0. The molecule has 0 aliphatic rings. The van der Waals surface area contributed by atoms with E-state index in [1.165, 1.54) is 0 Å². The van der Waals surface area contributed by atoms with E-state index in [9.17, 15) is 4.79 Å². The van der Waals surface area contributed by atoms with Crippen LogP contribution in [0.4, 0.5) is 0 Å². The molecule has 0 unspecified atom stereocenters. The Kier molecular flexibility index (Phi) is 1.73. The van der Waals surface area contributed by atoms with Crippen LogP contribution in [0, 0.1) is 0 Å². The summed E-state index contributed by atoms with van der Waals surface area (Å²) < 4.78 is 0. The molecule has 0 bridgehead atoms. The van der Waals surface area contributed by atoms with Crippen LogP contribution in [0.1, 0.15) is 10.5 Å². The molecular formula is C4H2Cl2N2O. The van der Waals surface area contributed by atoms with E-state index in [1.807, 2.05) is 0 Å². The summed E-state index contributed by atoms with van der Waals surface area (Å²) in [6, 6.07) is 0. The molecule has 0 aromatic carbocycles. The van der Waals surface area contributed by atoms with Crippen LogP contribution in [0.2, 0.25) is 10.4 Å². The maximum absolute atomic E-state index is 10.0. The van der Waals surface area contributed by atoms with Gasteiger partial charge >= 0.3 is 0 Å². The fourth-order valence-electron chi connectivity index (χ4n) is 0.415. The number of nitrogens with zero attached hydrogens (tertiary/aromatic N) is 1. The lowest BCUT2D eigenvalue weighted by molar-refractivity contribution is 0.111. The minimum absolute atomic E-state index is 0.127. The fraction of sp³-hybridized carbons (Fsp3) is 0. The molecule has 1 rings (SSSR count). The van der Waals surface area contributed by atoms with E-state index >= 15 is 0 Å². The summed E-state index contributed by atoms with van der Waals surface area (Å²) in [4.78, 5) is 16.0. The van der Waals surface area contributed by atoms with Crippen LogP contribution in [-0.2, 0) is 0 Å². The van der Waals surface area contributed by atoms with Crippen LogP contribution in [0.15, 0.2) is 0 Å². The third-order valence-corrected chi connectivity index (χ3v) is 1.24. The molecule has 0 atom stereocenters. The second-order valence-electron chi connectivity index (χ2n) is 1.34. The van der Waals surface area contributed by atoms with E-state index in [4.69, 9.17) is 23.2 Å². The molecule has 3 nitrogen and oxygen atoms in total. The Bertz CT molecular complexity index is 232. The summed E-state index contributed by atoms with van der Waals surface area (Å²) in [5, 5.41) is 0.303. The Morgan fingerprint density at radius 1 is 1.56 bits per heavy atom. The largest absolute Gasteiger partial charge is 0.319 e. The van der Waals surface area contributed by atoms with Crippen LogP contribution >= 0.6 is 23.2 Å². The number of carbonyl (C=O) groups excluding carboxylic acids is 1. The fourth-order valence-corrected chi connectivity index (χ4v) is 0.826. The van der Waals surface area contributed by atoms with E-state index < -0.39 is 0 Å². The van der Waals surface area contributed by atoms with Gasteiger partial charge in [0, 0.05) is 0 Å². The molecule has 5 heteroatoms. The smallest absolute Gasteiger partial charge is 0.201 e. The van der Waals surface area contributed by atoms with Crippen LogP contribution in [0.3, 0.4) is 0 Å². The summed E-state index contributed by atoms with van der Waals surface area (Å²) >= 11 is 10.7. The topological polar surface area (TPSA) is 45.8 Å². The Morgan fingerprint density at radius 3 is 2.44 bits per heavy atom. The second-order valence-corrected chi connectivity index (χ2v) is 2.08. The Balaban J connectivity index is 3.15. The summed E-state index contributed by atoms with van der Waals surface area (Å²) in [5.41, 5.74) is 0.140. The molecular weight excluding hydrogens is 163 g/mol. The van der Waals surface area contributed by atoms with E-state index in [0.29, 0.717) is 6.29 Å². The van der Waals surface area contributed by atoms with Gasteiger partial charge in [-0.15, -0.1) is 0 Å².